The molecule has 0 N–H and O–H groups in total. The molecule has 2 amide bonds. The van der Waals surface area contributed by atoms with E-state index in [0.717, 1.165) is 23.5 Å². The van der Waals surface area contributed by atoms with Crippen molar-refractivity contribution in [2.45, 2.75) is 24.6 Å². The lowest BCUT2D eigenvalue weighted by atomic mass is 10.3. The first-order valence-corrected chi connectivity index (χ1v) is 6.89. The average Bonchev–Trinajstić information content (AvgIpc) is 2.27. The Morgan fingerprint density at radius 1 is 0.889 bits per heavy atom. The number of carbonyl (C=O) groups excluding carboxylic acids is 4. The van der Waals surface area contributed by atoms with Crippen LogP contribution in [0.4, 0.5) is 0 Å². The standard InChI is InChI=1S/C10H14N2O4S2/c1-5(13)17-9-7(15)12(4)10(18-6(2)14)8(16)11(9)3/h9-10H,1-4H3/t9-,10-/m0/s1. The minimum Gasteiger partial charge on any atom is -0.322 e. The number of amides is 2. The molecule has 8 heteroatoms. The molecule has 0 spiro atoms. The highest BCUT2D eigenvalue weighted by molar-refractivity contribution is 8.15. The number of nitrogens with zero attached hydrogens (tertiary/aromatic N) is 2. The van der Waals surface area contributed by atoms with Gasteiger partial charge in [0.05, 0.1) is 0 Å². The van der Waals surface area contributed by atoms with Crippen molar-refractivity contribution in [2.24, 2.45) is 0 Å². The molecule has 0 bridgehead atoms. The Morgan fingerprint density at radius 2 is 1.17 bits per heavy atom. The summed E-state index contributed by atoms with van der Waals surface area (Å²) in [6.07, 6.45) is 0. The number of hydrogen-bond donors (Lipinski definition) is 0. The normalized spacial score (nSPS) is 24.4. The largest absolute Gasteiger partial charge is 0.322 e. The fourth-order valence-electron chi connectivity index (χ4n) is 1.48. The van der Waals surface area contributed by atoms with Crippen molar-refractivity contribution >= 4 is 45.6 Å². The van der Waals surface area contributed by atoms with Gasteiger partial charge in [0.2, 0.25) is 0 Å². The van der Waals surface area contributed by atoms with Gasteiger partial charge in [-0.15, -0.1) is 0 Å². The van der Waals surface area contributed by atoms with Gasteiger partial charge in [0, 0.05) is 27.9 Å². The van der Waals surface area contributed by atoms with Crippen LogP contribution >= 0.6 is 23.5 Å². The van der Waals surface area contributed by atoms with Gasteiger partial charge >= 0.3 is 0 Å². The van der Waals surface area contributed by atoms with Gasteiger partial charge in [-0.25, -0.2) is 0 Å². The molecule has 1 fully saturated rings. The van der Waals surface area contributed by atoms with Crippen molar-refractivity contribution < 1.29 is 19.2 Å². The lowest BCUT2D eigenvalue weighted by Gasteiger charge is -2.40. The Hall–Kier alpha value is -1.02. The highest BCUT2D eigenvalue weighted by atomic mass is 32.2. The number of piperazine rings is 1. The molecule has 0 aromatic carbocycles. The minimum atomic E-state index is -0.844. The van der Waals surface area contributed by atoms with Crippen molar-refractivity contribution in [2.75, 3.05) is 14.1 Å². The van der Waals surface area contributed by atoms with Crippen LogP contribution in [-0.2, 0) is 19.2 Å². The third kappa shape index (κ3) is 3.05. The summed E-state index contributed by atoms with van der Waals surface area (Å²) in [6, 6.07) is 0. The summed E-state index contributed by atoms with van der Waals surface area (Å²) in [7, 11) is 2.92. The van der Waals surface area contributed by atoms with Crippen LogP contribution in [0.5, 0.6) is 0 Å². The van der Waals surface area contributed by atoms with Crippen LogP contribution in [0.15, 0.2) is 0 Å². The van der Waals surface area contributed by atoms with E-state index in [1.54, 1.807) is 0 Å². The van der Waals surface area contributed by atoms with E-state index in [0.29, 0.717) is 0 Å². The summed E-state index contributed by atoms with van der Waals surface area (Å²) in [5.41, 5.74) is 0. The third-order valence-corrected chi connectivity index (χ3v) is 4.52. The Labute approximate surface area is 113 Å². The first-order valence-electron chi connectivity index (χ1n) is 5.13. The Kier molecular flexibility index (Phi) is 4.80. The molecule has 1 aliphatic heterocycles. The third-order valence-electron chi connectivity index (χ3n) is 2.38. The zero-order valence-corrected chi connectivity index (χ0v) is 12.1. The van der Waals surface area contributed by atoms with Crippen LogP contribution in [0.1, 0.15) is 13.8 Å². The van der Waals surface area contributed by atoms with E-state index >= 15 is 0 Å². The Morgan fingerprint density at radius 3 is 1.39 bits per heavy atom. The highest BCUT2D eigenvalue weighted by Crippen LogP contribution is 2.29. The molecule has 0 aliphatic carbocycles. The van der Waals surface area contributed by atoms with E-state index in [2.05, 4.69) is 0 Å². The lowest BCUT2D eigenvalue weighted by Crippen LogP contribution is -2.60. The Balaban J connectivity index is 2.95. The fraction of sp³-hybridized carbons (Fsp3) is 0.600. The molecule has 1 heterocycles. The van der Waals surface area contributed by atoms with Crippen LogP contribution in [0.3, 0.4) is 0 Å². The van der Waals surface area contributed by atoms with Gasteiger partial charge in [0.1, 0.15) is 0 Å². The molecule has 1 rings (SSSR count). The maximum atomic E-state index is 12.0. The number of likely N-dealkylation sites (N-methyl/N-ethyl adjacent to an activating group) is 2. The molecule has 2 atom stereocenters. The van der Waals surface area contributed by atoms with Crippen LogP contribution in [-0.4, -0.2) is 56.7 Å². The van der Waals surface area contributed by atoms with Gasteiger partial charge in [-0.3, -0.25) is 19.2 Å². The Bertz CT molecular complexity index is 375. The summed E-state index contributed by atoms with van der Waals surface area (Å²) >= 11 is 1.60. The molecule has 6 nitrogen and oxygen atoms in total. The number of thioether (sulfide) groups is 2. The molecule has 1 saturated heterocycles. The smallest absolute Gasteiger partial charge is 0.257 e. The fourth-order valence-corrected chi connectivity index (χ4v) is 3.17. The molecule has 0 unspecified atom stereocenters. The summed E-state index contributed by atoms with van der Waals surface area (Å²) in [4.78, 5) is 48.7. The number of rotatable bonds is 2. The van der Waals surface area contributed by atoms with Crippen molar-refractivity contribution in [3.8, 4) is 0 Å². The summed E-state index contributed by atoms with van der Waals surface area (Å²) < 4.78 is 0. The predicted molar refractivity (Wildman–Crippen MR) is 69.7 cm³/mol. The summed E-state index contributed by atoms with van der Waals surface area (Å²) in [6.45, 7) is 2.68. The zero-order valence-electron chi connectivity index (χ0n) is 10.5. The maximum Gasteiger partial charge on any atom is 0.257 e. The van der Waals surface area contributed by atoms with Gasteiger partial charge < -0.3 is 9.80 Å². The quantitative estimate of drug-likeness (QED) is 0.719. The van der Waals surface area contributed by atoms with Crippen molar-refractivity contribution in [1.82, 2.24) is 9.80 Å². The molecule has 1 aliphatic rings. The molecular formula is C10H14N2O4S2. The average molecular weight is 290 g/mol. The van der Waals surface area contributed by atoms with Gasteiger partial charge in [0.25, 0.3) is 11.8 Å². The van der Waals surface area contributed by atoms with Gasteiger partial charge in [0.15, 0.2) is 21.0 Å². The van der Waals surface area contributed by atoms with E-state index in [1.165, 1.54) is 37.7 Å². The van der Waals surface area contributed by atoms with Crippen molar-refractivity contribution in [3.05, 3.63) is 0 Å². The van der Waals surface area contributed by atoms with E-state index < -0.39 is 10.7 Å². The minimum absolute atomic E-state index is 0.237. The molecule has 0 saturated carbocycles. The zero-order chi connectivity index (χ0) is 14.0. The summed E-state index contributed by atoms with van der Waals surface area (Å²) in [5, 5.41) is -2.16. The highest BCUT2D eigenvalue weighted by Gasteiger charge is 2.44. The van der Waals surface area contributed by atoms with Gasteiger partial charge in [-0.1, -0.05) is 23.5 Å². The van der Waals surface area contributed by atoms with Gasteiger partial charge in [-0.05, 0) is 0 Å². The van der Waals surface area contributed by atoms with Gasteiger partial charge in [-0.2, -0.15) is 0 Å². The van der Waals surface area contributed by atoms with E-state index in [1.807, 2.05) is 0 Å². The van der Waals surface area contributed by atoms with E-state index in [4.69, 9.17) is 0 Å². The molecule has 18 heavy (non-hydrogen) atoms. The van der Waals surface area contributed by atoms with Crippen molar-refractivity contribution in [1.29, 1.82) is 0 Å². The SMILES string of the molecule is CC(=O)S[C@H]1C(=O)N(C)[C@@H](SC(C)=O)C(=O)N1C. The number of hydrogen-bond acceptors (Lipinski definition) is 6. The molecule has 0 aromatic heterocycles. The molecule has 0 radical (unpaired) electrons. The maximum absolute atomic E-state index is 12.0. The summed E-state index contributed by atoms with van der Waals surface area (Å²) in [5.74, 6) is -0.702. The first-order chi connectivity index (χ1) is 8.25. The molecule has 0 aromatic rings. The second-order valence-electron chi connectivity index (χ2n) is 3.82. The molecule has 100 valence electrons. The van der Waals surface area contributed by atoms with E-state index in [-0.39, 0.29) is 22.0 Å². The van der Waals surface area contributed by atoms with Crippen LogP contribution in [0.25, 0.3) is 0 Å². The van der Waals surface area contributed by atoms with Crippen LogP contribution in [0.2, 0.25) is 0 Å². The lowest BCUT2D eigenvalue weighted by molar-refractivity contribution is -0.150. The van der Waals surface area contributed by atoms with E-state index in [9.17, 15) is 19.2 Å². The van der Waals surface area contributed by atoms with Crippen LogP contribution < -0.4 is 0 Å². The molecular weight excluding hydrogens is 276 g/mol. The monoisotopic (exact) mass is 290 g/mol. The second kappa shape index (κ2) is 5.75. The first kappa shape index (κ1) is 15.0. The van der Waals surface area contributed by atoms with Crippen LogP contribution in [0, 0.1) is 0 Å². The number of carbonyl (C=O) groups is 4. The topological polar surface area (TPSA) is 74.8 Å². The predicted octanol–water partition coefficient (Wildman–Crippen LogP) is 0.128. The second-order valence-corrected chi connectivity index (χ2v) is 6.34. The van der Waals surface area contributed by atoms with Crippen molar-refractivity contribution in [3.63, 3.8) is 0 Å².